The molecule has 3 aromatic carbocycles. The maximum absolute atomic E-state index is 12.2. The summed E-state index contributed by atoms with van der Waals surface area (Å²) >= 11 is 0. The van der Waals surface area contributed by atoms with Crippen LogP contribution in [0.15, 0.2) is 72.8 Å². The van der Waals surface area contributed by atoms with Gasteiger partial charge in [-0.15, -0.1) is 0 Å². The zero-order valence-electron chi connectivity index (χ0n) is 21.7. The Morgan fingerprint density at radius 2 is 1.58 bits per heavy atom. The predicted octanol–water partition coefficient (Wildman–Crippen LogP) is 7.78. The lowest BCUT2D eigenvalue weighted by molar-refractivity contribution is -0.140. The highest BCUT2D eigenvalue weighted by atomic mass is 16.5. The van der Waals surface area contributed by atoms with Crippen LogP contribution in [0, 0.1) is 0 Å². The number of hydrogen-bond donors (Lipinski definition) is 1. The first-order chi connectivity index (χ1) is 17.5. The molecule has 1 saturated carbocycles. The molecule has 4 rings (SSSR count). The topological polar surface area (TPSA) is 46.5 Å². The Morgan fingerprint density at radius 3 is 2.25 bits per heavy atom. The van der Waals surface area contributed by atoms with Crippen molar-refractivity contribution < 1.29 is 14.6 Å². The summed E-state index contributed by atoms with van der Waals surface area (Å²) in [5.74, 6) is 0.308. The molecule has 0 aromatic heterocycles. The molecule has 0 aliphatic heterocycles. The van der Waals surface area contributed by atoms with E-state index in [4.69, 9.17) is 4.74 Å². The molecule has 1 N–H and O–H groups in total. The molecule has 1 fully saturated rings. The molecule has 0 atom stereocenters. The van der Waals surface area contributed by atoms with Gasteiger partial charge in [0, 0.05) is 12.2 Å². The SMILES string of the molecule is C=C(C)C(=O)OCc1cc(-c2ccc(C3CCCCC3)cc2CC)ccc1-c1ccc(CCO)cc1. The maximum Gasteiger partial charge on any atom is 0.333 e. The second kappa shape index (κ2) is 12.2. The minimum absolute atomic E-state index is 0.134. The fourth-order valence-corrected chi connectivity index (χ4v) is 5.29. The van der Waals surface area contributed by atoms with Crippen LogP contribution in [0.25, 0.3) is 22.3 Å². The van der Waals surface area contributed by atoms with Crippen LogP contribution in [-0.4, -0.2) is 17.7 Å². The van der Waals surface area contributed by atoms with E-state index in [0.29, 0.717) is 17.9 Å². The Hall–Kier alpha value is -3.17. The van der Waals surface area contributed by atoms with E-state index in [1.165, 1.54) is 48.8 Å². The van der Waals surface area contributed by atoms with Gasteiger partial charge in [-0.05, 0) is 89.1 Å². The van der Waals surface area contributed by atoms with Crippen molar-refractivity contribution in [2.45, 2.75) is 71.3 Å². The minimum Gasteiger partial charge on any atom is -0.457 e. The molecule has 1 aliphatic rings. The lowest BCUT2D eigenvalue weighted by Gasteiger charge is -2.23. The Balaban J connectivity index is 1.70. The van der Waals surface area contributed by atoms with Gasteiger partial charge in [-0.1, -0.05) is 87.4 Å². The monoisotopic (exact) mass is 482 g/mol. The predicted molar refractivity (Wildman–Crippen MR) is 148 cm³/mol. The average molecular weight is 483 g/mol. The van der Waals surface area contributed by atoms with Gasteiger partial charge in [0.2, 0.25) is 0 Å². The number of carbonyl (C=O) groups excluding carboxylic acids is 1. The summed E-state index contributed by atoms with van der Waals surface area (Å²) in [6, 6.07) is 21.7. The van der Waals surface area contributed by atoms with E-state index < -0.39 is 0 Å². The Bertz CT molecular complexity index is 1200. The van der Waals surface area contributed by atoms with Gasteiger partial charge in [-0.2, -0.15) is 0 Å². The third-order valence-electron chi connectivity index (χ3n) is 7.38. The summed E-state index contributed by atoms with van der Waals surface area (Å²) in [6.07, 6.45) is 8.25. The highest BCUT2D eigenvalue weighted by molar-refractivity contribution is 5.87. The van der Waals surface area contributed by atoms with E-state index in [9.17, 15) is 9.90 Å². The molecule has 0 radical (unpaired) electrons. The first-order valence-corrected chi connectivity index (χ1v) is 13.3. The van der Waals surface area contributed by atoms with Crippen molar-refractivity contribution in [3.05, 3.63) is 95.1 Å². The van der Waals surface area contributed by atoms with Gasteiger partial charge in [0.05, 0.1) is 0 Å². The van der Waals surface area contributed by atoms with E-state index >= 15 is 0 Å². The highest BCUT2D eigenvalue weighted by Gasteiger charge is 2.18. The van der Waals surface area contributed by atoms with Gasteiger partial charge in [-0.25, -0.2) is 4.79 Å². The van der Waals surface area contributed by atoms with Gasteiger partial charge < -0.3 is 9.84 Å². The summed E-state index contributed by atoms with van der Waals surface area (Å²) < 4.78 is 5.59. The molecule has 0 spiro atoms. The quantitative estimate of drug-likeness (QED) is 0.250. The fraction of sp³-hybridized carbons (Fsp3) is 0.364. The van der Waals surface area contributed by atoms with Crippen molar-refractivity contribution in [1.82, 2.24) is 0 Å². The normalized spacial score (nSPS) is 14.0. The molecule has 1 aliphatic carbocycles. The number of rotatable bonds is 9. The first-order valence-electron chi connectivity index (χ1n) is 13.3. The Kier molecular flexibility index (Phi) is 8.77. The zero-order chi connectivity index (χ0) is 25.5. The number of aliphatic hydroxyl groups is 1. The molecular formula is C33H38O3. The van der Waals surface area contributed by atoms with Crippen LogP contribution in [-0.2, 0) is 29.0 Å². The average Bonchev–Trinajstić information content (AvgIpc) is 2.92. The number of carbonyl (C=O) groups is 1. The van der Waals surface area contributed by atoms with Crippen LogP contribution >= 0.6 is 0 Å². The second-order valence-corrected chi connectivity index (χ2v) is 10.0. The number of hydrogen-bond acceptors (Lipinski definition) is 3. The Morgan fingerprint density at radius 1 is 0.917 bits per heavy atom. The molecule has 3 aromatic rings. The third-order valence-corrected chi connectivity index (χ3v) is 7.38. The number of benzene rings is 3. The summed E-state index contributed by atoms with van der Waals surface area (Å²) in [7, 11) is 0. The highest BCUT2D eigenvalue weighted by Crippen LogP contribution is 2.37. The lowest BCUT2D eigenvalue weighted by Crippen LogP contribution is -2.06. The summed E-state index contributed by atoms with van der Waals surface area (Å²) in [4.78, 5) is 12.2. The van der Waals surface area contributed by atoms with E-state index in [0.717, 1.165) is 34.2 Å². The summed E-state index contributed by atoms with van der Waals surface area (Å²) in [5.41, 5.74) is 9.79. The molecule has 36 heavy (non-hydrogen) atoms. The van der Waals surface area contributed by atoms with Crippen LogP contribution < -0.4 is 0 Å². The molecular weight excluding hydrogens is 444 g/mol. The van der Waals surface area contributed by atoms with Crippen LogP contribution in [0.1, 0.15) is 74.1 Å². The van der Waals surface area contributed by atoms with Crippen LogP contribution in [0.3, 0.4) is 0 Å². The molecule has 0 bridgehead atoms. The third kappa shape index (κ3) is 6.14. The van der Waals surface area contributed by atoms with E-state index in [1.807, 2.05) is 12.1 Å². The van der Waals surface area contributed by atoms with Crippen LogP contribution in [0.4, 0.5) is 0 Å². The van der Waals surface area contributed by atoms with Crippen molar-refractivity contribution in [3.8, 4) is 22.3 Å². The van der Waals surface area contributed by atoms with Gasteiger partial charge >= 0.3 is 5.97 Å². The van der Waals surface area contributed by atoms with Gasteiger partial charge in [0.1, 0.15) is 6.61 Å². The summed E-state index contributed by atoms with van der Waals surface area (Å²) in [6.45, 7) is 7.93. The maximum atomic E-state index is 12.2. The number of ether oxygens (including phenoxy) is 1. The largest absolute Gasteiger partial charge is 0.457 e. The van der Waals surface area contributed by atoms with E-state index in [1.54, 1.807) is 6.92 Å². The molecule has 0 amide bonds. The van der Waals surface area contributed by atoms with Gasteiger partial charge in [-0.3, -0.25) is 0 Å². The smallest absolute Gasteiger partial charge is 0.333 e. The van der Waals surface area contributed by atoms with Crippen molar-refractivity contribution >= 4 is 5.97 Å². The van der Waals surface area contributed by atoms with Gasteiger partial charge in [0.15, 0.2) is 0 Å². The summed E-state index contributed by atoms with van der Waals surface area (Å²) in [5, 5.41) is 9.23. The van der Waals surface area contributed by atoms with Crippen LogP contribution in [0.5, 0.6) is 0 Å². The first kappa shape index (κ1) is 25.9. The number of aliphatic hydroxyl groups excluding tert-OH is 1. The molecule has 3 heteroatoms. The van der Waals surface area contributed by atoms with E-state index in [-0.39, 0.29) is 19.2 Å². The molecule has 3 nitrogen and oxygen atoms in total. The van der Waals surface area contributed by atoms with Crippen molar-refractivity contribution in [1.29, 1.82) is 0 Å². The van der Waals surface area contributed by atoms with Crippen molar-refractivity contribution in [3.63, 3.8) is 0 Å². The van der Waals surface area contributed by atoms with Gasteiger partial charge in [0.25, 0.3) is 0 Å². The van der Waals surface area contributed by atoms with Crippen molar-refractivity contribution in [2.24, 2.45) is 0 Å². The molecule has 0 heterocycles. The second-order valence-electron chi connectivity index (χ2n) is 10.0. The molecule has 188 valence electrons. The fourth-order valence-electron chi connectivity index (χ4n) is 5.29. The zero-order valence-corrected chi connectivity index (χ0v) is 21.7. The van der Waals surface area contributed by atoms with Crippen molar-refractivity contribution in [2.75, 3.05) is 6.61 Å². The standard InChI is InChI=1S/C33H38O3/c1-4-25-20-28(26-8-6-5-7-9-26)14-16-31(25)29-15-17-32(27-12-10-24(11-13-27)18-19-34)30(21-29)22-36-33(35)23(2)3/h10-17,20-21,26,34H,2,4-9,18-19,22H2,1,3H3. The number of esters is 1. The molecule has 0 unspecified atom stereocenters. The van der Waals surface area contributed by atoms with E-state index in [2.05, 4.69) is 62.0 Å². The number of aryl methyl sites for hydroxylation is 1. The van der Waals surface area contributed by atoms with Crippen LogP contribution in [0.2, 0.25) is 0 Å². The Labute approximate surface area is 215 Å². The lowest BCUT2D eigenvalue weighted by atomic mass is 9.82. The minimum atomic E-state index is -0.379. The molecule has 0 saturated heterocycles.